The zero-order valence-electron chi connectivity index (χ0n) is 10.7. The van der Waals surface area contributed by atoms with Gasteiger partial charge < -0.3 is 10.1 Å². The third kappa shape index (κ3) is 2.71. The average Bonchev–Trinajstić information content (AvgIpc) is 2.82. The second-order valence-electron chi connectivity index (χ2n) is 3.81. The Morgan fingerprint density at radius 3 is 2.75 bits per heavy atom. The predicted octanol–water partition coefficient (Wildman–Crippen LogP) is 1.25. The number of aryl methyl sites for hydroxylation is 1. The molecule has 0 aliphatic rings. The summed E-state index contributed by atoms with van der Waals surface area (Å²) in [4.78, 5) is 25.6. The molecule has 0 fully saturated rings. The molecule has 0 amide bonds. The van der Waals surface area contributed by atoms with Gasteiger partial charge in [0.1, 0.15) is 0 Å². The van der Waals surface area contributed by atoms with E-state index in [0.717, 1.165) is 0 Å². The molecule has 104 valence electrons. The van der Waals surface area contributed by atoms with Crippen molar-refractivity contribution in [2.24, 2.45) is 7.05 Å². The molecule has 2 heterocycles. The van der Waals surface area contributed by atoms with E-state index >= 15 is 0 Å². The van der Waals surface area contributed by atoms with Crippen molar-refractivity contribution in [1.82, 2.24) is 14.8 Å². The number of methoxy groups -OCH3 is 1. The van der Waals surface area contributed by atoms with Crippen LogP contribution < -0.4 is 5.32 Å². The number of anilines is 2. The van der Waals surface area contributed by atoms with E-state index in [1.54, 1.807) is 19.3 Å². The second-order valence-corrected chi connectivity index (χ2v) is 3.81. The Hall–Kier alpha value is -2.97. The van der Waals surface area contributed by atoms with E-state index in [1.807, 2.05) is 0 Å². The third-order valence-corrected chi connectivity index (χ3v) is 2.43. The fourth-order valence-electron chi connectivity index (χ4n) is 1.51. The Kier molecular flexibility index (Phi) is 3.60. The summed E-state index contributed by atoms with van der Waals surface area (Å²) in [5, 5.41) is 17.7. The standard InChI is InChI=1S/C11H11N5O4/c1-15-6-5-9(14-15)13-10-8(16(18)19)4-3-7(12-10)11(17)20-2/h3-6H,1-2H3,(H,12,13,14). The number of rotatable bonds is 4. The maximum absolute atomic E-state index is 11.4. The number of ether oxygens (including phenoxy) is 1. The highest BCUT2D eigenvalue weighted by Gasteiger charge is 2.19. The number of hydrogen-bond acceptors (Lipinski definition) is 7. The van der Waals surface area contributed by atoms with Crippen molar-refractivity contribution in [3.05, 3.63) is 40.2 Å². The number of carbonyl (C=O) groups excluding carboxylic acids is 1. The first-order chi connectivity index (χ1) is 9.51. The van der Waals surface area contributed by atoms with Crippen LogP contribution in [-0.2, 0) is 11.8 Å². The lowest BCUT2D eigenvalue weighted by atomic mass is 10.3. The van der Waals surface area contributed by atoms with Gasteiger partial charge in [-0.25, -0.2) is 9.78 Å². The molecular formula is C11H11N5O4. The van der Waals surface area contributed by atoms with Crippen LogP contribution in [0.15, 0.2) is 24.4 Å². The number of nitro groups is 1. The van der Waals surface area contributed by atoms with Gasteiger partial charge in [-0.2, -0.15) is 5.10 Å². The summed E-state index contributed by atoms with van der Waals surface area (Å²) < 4.78 is 6.05. The van der Waals surface area contributed by atoms with Gasteiger partial charge in [-0.3, -0.25) is 14.8 Å². The van der Waals surface area contributed by atoms with E-state index < -0.39 is 10.9 Å². The van der Waals surface area contributed by atoms with E-state index in [0.29, 0.717) is 5.82 Å². The van der Waals surface area contributed by atoms with Gasteiger partial charge in [0, 0.05) is 25.4 Å². The molecule has 0 aromatic carbocycles. The van der Waals surface area contributed by atoms with E-state index in [1.165, 1.54) is 23.9 Å². The van der Waals surface area contributed by atoms with Crippen LogP contribution in [0.5, 0.6) is 0 Å². The Labute approximate surface area is 113 Å². The fraction of sp³-hybridized carbons (Fsp3) is 0.182. The predicted molar refractivity (Wildman–Crippen MR) is 68.7 cm³/mol. The number of nitrogens with zero attached hydrogens (tertiary/aromatic N) is 4. The summed E-state index contributed by atoms with van der Waals surface area (Å²) in [6.45, 7) is 0. The number of hydrogen-bond donors (Lipinski definition) is 1. The summed E-state index contributed by atoms with van der Waals surface area (Å²) in [5.74, 6) is -0.370. The summed E-state index contributed by atoms with van der Waals surface area (Å²) in [7, 11) is 2.91. The molecule has 0 aliphatic heterocycles. The lowest BCUT2D eigenvalue weighted by Crippen LogP contribution is -2.08. The van der Waals surface area contributed by atoms with E-state index in [-0.39, 0.29) is 17.2 Å². The molecule has 0 aliphatic carbocycles. The van der Waals surface area contributed by atoms with Crippen LogP contribution >= 0.6 is 0 Å². The summed E-state index contributed by atoms with van der Waals surface area (Å²) >= 11 is 0. The number of carbonyl (C=O) groups is 1. The molecule has 20 heavy (non-hydrogen) atoms. The largest absolute Gasteiger partial charge is 0.464 e. The fourth-order valence-corrected chi connectivity index (χ4v) is 1.51. The Balaban J connectivity index is 2.41. The molecular weight excluding hydrogens is 266 g/mol. The smallest absolute Gasteiger partial charge is 0.356 e. The van der Waals surface area contributed by atoms with Gasteiger partial charge in [0.2, 0.25) is 5.82 Å². The minimum absolute atomic E-state index is 0.0310. The Morgan fingerprint density at radius 1 is 1.45 bits per heavy atom. The zero-order chi connectivity index (χ0) is 14.7. The minimum Gasteiger partial charge on any atom is -0.464 e. The number of aromatic nitrogens is 3. The molecule has 0 saturated heterocycles. The van der Waals surface area contributed by atoms with Crippen LogP contribution in [0.3, 0.4) is 0 Å². The summed E-state index contributed by atoms with van der Waals surface area (Å²) in [5.41, 5.74) is -0.292. The number of nitrogens with one attached hydrogen (secondary N) is 1. The zero-order valence-corrected chi connectivity index (χ0v) is 10.7. The second kappa shape index (κ2) is 5.34. The Morgan fingerprint density at radius 2 is 2.20 bits per heavy atom. The van der Waals surface area contributed by atoms with Gasteiger partial charge in [-0.05, 0) is 6.07 Å². The van der Waals surface area contributed by atoms with Crippen molar-refractivity contribution in [2.45, 2.75) is 0 Å². The van der Waals surface area contributed by atoms with Crippen LogP contribution in [-0.4, -0.2) is 32.8 Å². The third-order valence-electron chi connectivity index (χ3n) is 2.43. The van der Waals surface area contributed by atoms with Crippen molar-refractivity contribution in [3.63, 3.8) is 0 Å². The highest BCUT2D eigenvalue weighted by molar-refractivity contribution is 5.88. The van der Waals surface area contributed by atoms with Gasteiger partial charge in [-0.15, -0.1) is 0 Å². The van der Waals surface area contributed by atoms with Crippen molar-refractivity contribution >= 4 is 23.3 Å². The summed E-state index contributed by atoms with van der Waals surface area (Å²) in [6.07, 6.45) is 1.67. The van der Waals surface area contributed by atoms with Crippen LogP contribution in [0.1, 0.15) is 10.5 Å². The molecule has 2 aromatic rings. The topological polar surface area (TPSA) is 112 Å². The molecule has 0 unspecified atom stereocenters. The molecule has 2 aromatic heterocycles. The monoisotopic (exact) mass is 277 g/mol. The molecule has 9 nitrogen and oxygen atoms in total. The van der Waals surface area contributed by atoms with Gasteiger partial charge >= 0.3 is 11.7 Å². The van der Waals surface area contributed by atoms with E-state index in [9.17, 15) is 14.9 Å². The van der Waals surface area contributed by atoms with E-state index in [4.69, 9.17) is 0 Å². The van der Waals surface area contributed by atoms with Gasteiger partial charge in [-0.1, -0.05) is 0 Å². The first kappa shape index (κ1) is 13.5. The van der Waals surface area contributed by atoms with Crippen LogP contribution in [0.2, 0.25) is 0 Å². The maximum atomic E-state index is 11.4. The quantitative estimate of drug-likeness (QED) is 0.508. The molecule has 0 saturated carbocycles. The molecule has 0 radical (unpaired) electrons. The van der Waals surface area contributed by atoms with Gasteiger partial charge in [0.15, 0.2) is 11.5 Å². The van der Waals surface area contributed by atoms with E-state index in [2.05, 4.69) is 20.1 Å². The highest BCUT2D eigenvalue weighted by Crippen LogP contribution is 2.25. The normalized spacial score (nSPS) is 10.1. The maximum Gasteiger partial charge on any atom is 0.356 e. The lowest BCUT2D eigenvalue weighted by Gasteiger charge is -2.05. The first-order valence-electron chi connectivity index (χ1n) is 5.51. The number of esters is 1. The van der Waals surface area contributed by atoms with Crippen molar-refractivity contribution in [1.29, 1.82) is 0 Å². The van der Waals surface area contributed by atoms with Crippen molar-refractivity contribution in [2.75, 3.05) is 12.4 Å². The average molecular weight is 277 g/mol. The van der Waals surface area contributed by atoms with Crippen molar-refractivity contribution in [3.8, 4) is 0 Å². The molecule has 1 N–H and O–H groups in total. The molecule has 0 spiro atoms. The highest BCUT2D eigenvalue weighted by atomic mass is 16.6. The molecule has 9 heteroatoms. The van der Waals surface area contributed by atoms with Crippen LogP contribution in [0.25, 0.3) is 0 Å². The molecule has 0 bridgehead atoms. The van der Waals surface area contributed by atoms with Gasteiger partial charge in [0.05, 0.1) is 12.0 Å². The molecule has 0 atom stereocenters. The summed E-state index contributed by atoms with van der Waals surface area (Å²) in [6, 6.07) is 4.04. The van der Waals surface area contributed by atoms with Crippen LogP contribution in [0, 0.1) is 10.1 Å². The first-order valence-corrected chi connectivity index (χ1v) is 5.51. The molecule has 2 rings (SSSR count). The lowest BCUT2D eigenvalue weighted by molar-refractivity contribution is -0.384. The minimum atomic E-state index is -0.677. The Bertz CT molecular complexity index is 667. The van der Waals surface area contributed by atoms with Crippen LogP contribution in [0.4, 0.5) is 17.3 Å². The SMILES string of the molecule is COC(=O)c1ccc([N+](=O)[O-])c(Nc2ccn(C)n2)n1. The van der Waals surface area contributed by atoms with Gasteiger partial charge in [0.25, 0.3) is 0 Å². The van der Waals surface area contributed by atoms with Crippen molar-refractivity contribution < 1.29 is 14.5 Å². The number of pyridine rings is 1.